The van der Waals surface area contributed by atoms with Gasteiger partial charge >= 0.3 is 0 Å². The van der Waals surface area contributed by atoms with Gasteiger partial charge in [-0.15, -0.1) is 0 Å². The highest BCUT2D eigenvalue weighted by Gasteiger charge is 2.07. The zero-order chi connectivity index (χ0) is 11.4. The van der Waals surface area contributed by atoms with Crippen LogP contribution in [0.3, 0.4) is 0 Å². The van der Waals surface area contributed by atoms with Crippen LogP contribution in [0.15, 0.2) is 36.4 Å². The van der Waals surface area contributed by atoms with E-state index in [-0.39, 0.29) is 0 Å². The van der Waals surface area contributed by atoms with E-state index in [1.165, 1.54) is 0 Å². The summed E-state index contributed by atoms with van der Waals surface area (Å²) in [7, 11) is 1.86. The van der Waals surface area contributed by atoms with Crippen LogP contribution in [0.5, 0.6) is 5.88 Å². The van der Waals surface area contributed by atoms with Crippen molar-refractivity contribution in [2.24, 2.45) is 12.8 Å². The predicted molar refractivity (Wildman–Crippen MR) is 63.2 cm³/mol. The highest BCUT2D eigenvalue weighted by molar-refractivity contribution is 5.59. The third kappa shape index (κ3) is 2.23. The smallest absolute Gasteiger partial charge is 0.212 e. The second-order valence-electron chi connectivity index (χ2n) is 3.49. The number of aromatic nitrogens is 2. The van der Waals surface area contributed by atoms with E-state index in [9.17, 15) is 0 Å². The van der Waals surface area contributed by atoms with Crippen LogP contribution in [0.4, 0.5) is 0 Å². The molecule has 0 aliphatic carbocycles. The number of benzene rings is 1. The third-order valence-corrected chi connectivity index (χ3v) is 2.27. The highest BCUT2D eigenvalue weighted by atomic mass is 16.5. The fourth-order valence-electron chi connectivity index (χ4n) is 1.50. The first-order chi connectivity index (χ1) is 7.81. The molecular formula is C12H15N3O. The second-order valence-corrected chi connectivity index (χ2v) is 3.49. The summed E-state index contributed by atoms with van der Waals surface area (Å²) >= 11 is 0. The first-order valence-electron chi connectivity index (χ1n) is 5.23. The molecule has 0 radical (unpaired) electrons. The van der Waals surface area contributed by atoms with E-state index in [1.807, 2.05) is 43.4 Å². The maximum absolute atomic E-state index is 5.46. The van der Waals surface area contributed by atoms with Gasteiger partial charge in [-0.1, -0.05) is 30.3 Å². The Morgan fingerprint density at radius 2 is 2.06 bits per heavy atom. The quantitative estimate of drug-likeness (QED) is 0.842. The molecule has 0 amide bonds. The van der Waals surface area contributed by atoms with Gasteiger partial charge in [0.2, 0.25) is 5.88 Å². The SMILES string of the molecule is Cn1nc(-c2ccccc2)cc1OCCN. The minimum atomic E-state index is 0.506. The number of ether oxygens (including phenoxy) is 1. The standard InChI is InChI=1S/C12H15N3O/c1-15-12(16-8-7-13)9-11(14-15)10-5-3-2-4-6-10/h2-6,9H,7-8,13H2,1H3. The van der Waals surface area contributed by atoms with Crippen molar-refractivity contribution in [3.05, 3.63) is 36.4 Å². The first-order valence-corrected chi connectivity index (χ1v) is 5.23. The molecule has 0 saturated heterocycles. The van der Waals surface area contributed by atoms with E-state index in [0.29, 0.717) is 13.2 Å². The van der Waals surface area contributed by atoms with Gasteiger partial charge in [0.1, 0.15) is 6.61 Å². The monoisotopic (exact) mass is 217 g/mol. The summed E-state index contributed by atoms with van der Waals surface area (Å²) in [4.78, 5) is 0. The van der Waals surface area contributed by atoms with Crippen LogP contribution in [0.25, 0.3) is 11.3 Å². The van der Waals surface area contributed by atoms with E-state index in [0.717, 1.165) is 17.1 Å². The third-order valence-electron chi connectivity index (χ3n) is 2.27. The summed E-state index contributed by atoms with van der Waals surface area (Å²) in [6.45, 7) is 1.01. The number of rotatable bonds is 4. The van der Waals surface area contributed by atoms with E-state index < -0.39 is 0 Å². The van der Waals surface area contributed by atoms with Crippen LogP contribution in [-0.4, -0.2) is 22.9 Å². The van der Waals surface area contributed by atoms with Crippen LogP contribution in [0.1, 0.15) is 0 Å². The van der Waals surface area contributed by atoms with Crippen molar-refractivity contribution in [2.75, 3.05) is 13.2 Å². The maximum atomic E-state index is 5.46. The summed E-state index contributed by atoms with van der Waals surface area (Å²) in [6, 6.07) is 11.9. The summed E-state index contributed by atoms with van der Waals surface area (Å²) < 4.78 is 7.18. The first kappa shape index (κ1) is 10.7. The Hall–Kier alpha value is -1.81. The molecule has 0 spiro atoms. The average molecular weight is 217 g/mol. The van der Waals surface area contributed by atoms with Gasteiger partial charge in [0.25, 0.3) is 0 Å². The molecule has 0 fully saturated rings. The fraction of sp³-hybridized carbons (Fsp3) is 0.250. The average Bonchev–Trinajstić information content (AvgIpc) is 2.69. The molecule has 0 bridgehead atoms. The number of hydrogen-bond donors (Lipinski definition) is 1. The molecule has 0 atom stereocenters. The Morgan fingerprint density at radius 1 is 1.31 bits per heavy atom. The molecule has 1 aromatic heterocycles. The lowest BCUT2D eigenvalue weighted by molar-refractivity contribution is 0.299. The lowest BCUT2D eigenvalue weighted by Crippen LogP contribution is -2.12. The molecule has 0 saturated carbocycles. The topological polar surface area (TPSA) is 53.1 Å². The van der Waals surface area contributed by atoms with Crippen LogP contribution in [0, 0.1) is 0 Å². The van der Waals surface area contributed by atoms with Gasteiger partial charge in [-0.2, -0.15) is 5.10 Å². The Labute approximate surface area is 94.6 Å². The van der Waals surface area contributed by atoms with Crippen molar-refractivity contribution in [3.63, 3.8) is 0 Å². The van der Waals surface area contributed by atoms with Crippen LogP contribution in [0.2, 0.25) is 0 Å². The summed E-state index contributed by atoms with van der Waals surface area (Å²) in [5.41, 5.74) is 7.39. The molecule has 2 N–H and O–H groups in total. The number of aryl methyl sites for hydroxylation is 1. The van der Waals surface area contributed by atoms with Gasteiger partial charge < -0.3 is 10.5 Å². The Kier molecular flexibility index (Phi) is 3.22. The molecule has 1 aromatic carbocycles. The molecule has 1 heterocycles. The second kappa shape index (κ2) is 4.81. The minimum Gasteiger partial charge on any atom is -0.476 e. The van der Waals surface area contributed by atoms with Crippen molar-refractivity contribution in [2.45, 2.75) is 0 Å². The van der Waals surface area contributed by atoms with Crippen molar-refractivity contribution in [3.8, 4) is 17.1 Å². The lowest BCUT2D eigenvalue weighted by Gasteiger charge is -2.02. The van der Waals surface area contributed by atoms with Crippen molar-refractivity contribution >= 4 is 0 Å². The molecule has 84 valence electrons. The van der Waals surface area contributed by atoms with Gasteiger partial charge in [-0.3, -0.25) is 0 Å². The Bertz CT molecular complexity index is 451. The van der Waals surface area contributed by atoms with E-state index in [2.05, 4.69) is 5.10 Å². The molecule has 2 aromatic rings. The van der Waals surface area contributed by atoms with Crippen molar-refractivity contribution < 1.29 is 4.74 Å². The van der Waals surface area contributed by atoms with Crippen molar-refractivity contribution in [1.82, 2.24) is 9.78 Å². The molecule has 4 nitrogen and oxygen atoms in total. The number of nitrogens with zero attached hydrogens (tertiary/aromatic N) is 2. The van der Waals surface area contributed by atoms with Crippen molar-refractivity contribution in [1.29, 1.82) is 0 Å². The summed E-state index contributed by atoms with van der Waals surface area (Å²) in [5.74, 6) is 0.740. The minimum absolute atomic E-state index is 0.506. The molecule has 0 aliphatic rings. The van der Waals surface area contributed by atoms with Crippen LogP contribution >= 0.6 is 0 Å². The molecule has 16 heavy (non-hydrogen) atoms. The zero-order valence-electron chi connectivity index (χ0n) is 9.26. The lowest BCUT2D eigenvalue weighted by atomic mass is 10.2. The van der Waals surface area contributed by atoms with Gasteiger partial charge in [0.05, 0.1) is 5.69 Å². The summed E-state index contributed by atoms with van der Waals surface area (Å²) in [6.07, 6.45) is 0. The Morgan fingerprint density at radius 3 is 2.75 bits per heavy atom. The number of hydrogen-bond acceptors (Lipinski definition) is 3. The summed E-state index contributed by atoms with van der Waals surface area (Å²) in [5, 5.41) is 4.38. The molecule has 4 heteroatoms. The van der Waals surface area contributed by atoms with Gasteiger partial charge in [0, 0.05) is 25.2 Å². The highest BCUT2D eigenvalue weighted by Crippen LogP contribution is 2.22. The Balaban J connectivity index is 2.24. The van der Waals surface area contributed by atoms with E-state index >= 15 is 0 Å². The zero-order valence-corrected chi connectivity index (χ0v) is 9.26. The fourth-order valence-corrected chi connectivity index (χ4v) is 1.50. The van der Waals surface area contributed by atoms with Gasteiger partial charge in [-0.25, -0.2) is 4.68 Å². The van der Waals surface area contributed by atoms with Crippen LogP contribution < -0.4 is 10.5 Å². The maximum Gasteiger partial charge on any atom is 0.212 e. The largest absolute Gasteiger partial charge is 0.476 e. The molecule has 2 rings (SSSR count). The molecule has 0 aliphatic heterocycles. The van der Waals surface area contributed by atoms with E-state index in [1.54, 1.807) is 4.68 Å². The molecule has 0 unspecified atom stereocenters. The van der Waals surface area contributed by atoms with Gasteiger partial charge in [0.15, 0.2) is 0 Å². The van der Waals surface area contributed by atoms with Crippen LogP contribution in [-0.2, 0) is 7.05 Å². The van der Waals surface area contributed by atoms with Gasteiger partial charge in [-0.05, 0) is 0 Å². The molecular weight excluding hydrogens is 202 g/mol. The predicted octanol–water partition coefficient (Wildman–Crippen LogP) is 1.42. The normalized spacial score (nSPS) is 10.4. The van der Waals surface area contributed by atoms with E-state index in [4.69, 9.17) is 10.5 Å². The number of nitrogens with two attached hydrogens (primary N) is 1.